The van der Waals surface area contributed by atoms with Crippen LogP contribution in [0.5, 0.6) is 0 Å². The second-order valence-corrected chi connectivity index (χ2v) is 11.0. The summed E-state index contributed by atoms with van der Waals surface area (Å²) in [6.45, 7) is 0. The zero-order valence-corrected chi connectivity index (χ0v) is 23.1. The monoisotopic (exact) mass is 555 g/mol. The molecule has 8 aromatic rings. The first-order valence-corrected chi connectivity index (χ1v) is 14.5. The summed E-state index contributed by atoms with van der Waals surface area (Å²) in [5.41, 5.74) is 5.54. The van der Waals surface area contributed by atoms with E-state index in [1.807, 2.05) is 66.7 Å². The van der Waals surface area contributed by atoms with Crippen LogP contribution in [-0.2, 0) is 0 Å². The molecule has 1 heterocycles. The first kappa shape index (κ1) is 18.2. The molecule has 0 N–H and O–H groups in total. The van der Waals surface area contributed by atoms with Gasteiger partial charge in [0.15, 0.2) is 0 Å². The number of rotatable bonds is 3. The quantitative estimate of drug-likeness (QED) is 0.198. The van der Waals surface area contributed by atoms with E-state index >= 15 is 0 Å². The molecule has 0 spiro atoms. The van der Waals surface area contributed by atoms with Gasteiger partial charge in [0.1, 0.15) is 11.2 Å². The normalized spacial score (nSPS) is 17.2. The Morgan fingerprint density at radius 1 is 0.605 bits per heavy atom. The lowest BCUT2D eigenvalue weighted by molar-refractivity contribution is 0.668. The van der Waals surface area contributed by atoms with Crippen molar-refractivity contribution in [2.45, 2.75) is 12.3 Å². The molecule has 1 heteroatoms. The standard InChI is InChI=1S/C42H28O/c1-2-13-28(14-3-1)37-25-29(26-39-42(37)36-22-10-11-24-38(36)43-39)40-32-18-6-8-20-34(32)41(35-21-9-7-19-33(35)40)31-23-12-16-27-15-4-5-17-30(27)31/h1-13,15-26,28H,14H2/i4D,5D,12D,15D,16D,17D,23D. The van der Waals surface area contributed by atoms with E-state index in [4.69, 9.17) is 12.6 Å². The smallest absolute Gasteiger partial charge is 0.136 e. The predicted octanol–water partition coefficient (Wildman–Crippen LogP) is 12.0. The molecule has 0 fully saturated rings. The van der Waals surface area contributed by atoms with Crippen LogP contribution in [0.2, 0.25) is 0 Å². The van der Waals surface area contributed by atoms with Crippen molar-refractivity contribution in [2.24, 2.45) is 0 Å². The lowest BCUT2D eigenvalue weighted by Gasteiger charge is -2.20. The van der Waals surface area contributed by atoms with Gasteiger partial charge in [0.05, 0.1) is 9.60 Å². The molecule has 1 aliphatic rings. The van der Waals surface area contributed by atoms with E-state index < -0.39 is 12.1 Å². The van der Waals surface area contributed by atoms with Gasteiger partial charge in [-0.25, -0.2) is 0 Å². The fourth-order valence-electron chi connectivity index (χ4n) is 6.84. The maximum absolute atomic E-state index is 9.22. The summed E-state index contributed by atoms with van der Waals surface area (Å²) in [6.07, 6.45) is 9.45. The van der Waals surface area contributed by atoms with Gasteiger partial charge in [0.25, 0.3) is 0 Å². The molecule has 202 valence electrons. The molecule has 1 unspecified atom stereocenters. The van der Waals surface area contributed by atoms with Crippen LogP contribution in [0.1, 0.15) is 27.5 Å². The minimum absolute atomic E-state index is 0.0567. The second kappa shape index (κ2) is 9.58. The van der Waals surface area contributed by atoms with Crippen molar-refractivity contribution in [3.05, 3.63) is 157 Å². The molecular formula is C42H28O. The average molecular weight is 556 g/mol. The molecule has 1 aliphatic carbocycles. The van der Waals surface area contributed by atoms with Crippen LogP contribution in [0.3, 0.4) is 0 Å². The number of allylic oxidation sites excluding steroid dienone is 4. The topological polar surface area (TPSA) is 13.1 Å². The molecular weight excluding hydrogens is 520 g/mol. The van der Waals surface area contributed by atoms with Crippen molar-refractivity contribution < 1.29 is 14.0 Å². The van der Waals surface area contributed by atoms with Gasteiger partial charge < -0.3 is 4.42 Å². The number of hydrogen-bond acceptors (Lipinski definition) is 1. The maximum atomic E-state index is 9.22. The van der Waals surface area contributed by atoms with Gasteiger partial charge in [0.2, 0.25) is 0 Å². The average Bonchev–Trinajstić information content (AvgIpc) is 3.53. The SMILES string of the molecule is [2H]c1c([2H])c([2H])c2c(-c3c4ccccc4c(-c4cc(C5C=CC=CC5)c5c(c4)oc4ccccc45)c4ccccc34)c([2H])c([2H])c([2H])c2c1[2H]. The Balaban J connectivity index is 1.45. The molecule has 0 radical (unpaired) electrons. The molecule has 0 saturated carbocycles. The van der Waals surface area contributed by atoms with Crippen LogP contribution in [0.15, 0.2) is 156 Å². The molecule has 9 rings (SSSR count). The molecule has 0 saturated heterocycles. The highest BCUT2D eigenvalue weighted by molar-refractivity contribution is 6.24. The van der Waals surface area contributed by atoms with Crippen LogP contribution in [0.4, 0.5) is 0 Å². The van der Waals surface area contributed by atoms with Crippen molar-refractivity contribution in [2.75, 3.05) is 0 Å². The number of fused-ring (bicyclic) bond motifs is 6. The molecule has 1 nitrogen and oxygen atoms in total. The summed E-state index contributed by atoms with van der Waals surface area (Å²) in [5, 5.41) is 5.50. The maximum Gasteiger partial charge on any atom is 0.136 e. The van der Waals surface area contributed by atoms with E-state index in [1.165, 1.54) is 5.56 Å². The van der Waals surface area contributed by atoms with Crippen LogP contribution >= 0.6 is 0 Å². The Morgan fingerprint density at radius 3 is 2.02 bits per heavy atom. The Kier molecular flexibility index (Phi) is 4.05. The lowest BCUT2D eigenvalue weighted by atomic mass is 9.82. The highest BCUT2D eigenvalue weighted by Gasteiger charge is 2.22. The Bertz CT molecular complexity index is 2760. The second-order valence-electron chi connectivity index (χ2n) is 11.0. The predicted molar refractivity (Wildman–Crippen MR) is 183 cm³/mol. The Morgan fingerprint density at radius 2 is 1.28 bits per heavy atom. The third-order valence-corrected chi connectivity index (χ3v) is 8.67. The Hall–Kier alpha value is -5.40. The van der Waals surface area contributed by atoms with Crippen molar-refractivity contribution in [1.29, 1.82) is 0 Å². The summed E-state index contributed by atoms with van der Waals surface area (Å²) in [6, 6.07) is 25.6. The molecule has 0 bridgehead atoms. The highest BCUT2D eigenvalue weighted by atomic mass is 16.3. The molecule has 0 aliphatic heterocycles. The summed E-state index contributed by atoms with van der Waals surface area (Å²) in [5.74, 6) is 0.145. The van der Waals surface area contributed by atoms with Gasteiger partial charge in [-0.1, -0.05) is 133 Å². The van der Waals surface area contributed by atoms with Crippen LogP contribution < -0.4 is 0 Å². The van der Waals surface area contributed by atoms with Crippen LogP contribution in [0.25, 0.3) is 76.5 Å². The number of benzene rings is 7. The number of para-hydroxylation sites is 1. The van der Waals surface area contributed by atoms with Crippen molar-refractivity contribution in [1.82, 2.24) is 0 Å². The van der Waals surface area contributed by atoms with E-state index in [0.29, 0.717) is 5.56 Å². The first-order valence-electron chi connectivity index (χ1n) is 18.0. The molecule has 7 aromatic carbocycles. The highest BCUT2D eigenvalue weighted by Crippen LogP contribution is 2.47. The summed E-state index contributed by atoms with van der Waals surface area (Å²) >= 11 is 0. The fourth-order valence-corrected chi connectivity index (χ4v) is 6.84. The van der Waals surface area contributed by atoms with Gasteiger partial charge in [0, 0.05) is 16.7 Å². The third-order valence-electron chi connectivity index (χ3n) is 8.67. The zero-order chi connectivity index (χ0) is 34.4. The summed E-state index contributed by atoms with van der Waals surface area (Å²) in [4.78, 5) is 0. The van der Waals surface area contributed by atoms with Crippen molar-refractivity contribution >= 4 is 54.3 Å². The fraction of sp³-hybridized carbons (Fsp3) is 0.0476. The van der Waals surface area contributed by atoms with E-state index in [1.54, 1.807) is 0 Å². The molecule has 1 aromatic heterocycles. The van der Waals surface area contributed by atoms with Crippen molar-refractivity contribution in [3.63, 3.8) is 0 Å². The minimum Gasteiger partial charge on any atom is -0.456 e. The summed E-state index contributed by atoms with van der Waals surface area (Å²) < 4.78 is 67.8. The van der Waals surface area contributed by atoms with E-state index in [0.717, 1.165) is 61.0 Å². The molecule has 1 atom stereocenters. The Labute approximate surface area is 259 Å². The van der Waals surface area contributed by atoms with Gasteiger partial charge in [-0.05, 0) is 84.8 Å². The zero-order valence-electron chi connectivity index (χ0n) is 30.1. The van der Waals surface area contributed by atoms with Gasteiger partial charge >= 0.3 is 0 Å². The van der Waals surface area contributed by atoms with Crippen LogP contribution in [-0.4, -0.2) is 0 Å². The van der Waals surface area contributed by atoms with E-state index in [2.05, 4.69) is 42.5 Å². The van der Waals surface area contributed by atoms with Gasteiger partial charge in [-0.2, -0.15) is 0 Å². The van der Waals surface area contributed by atoms with Gasteiger partial charge in [-0.3, -0.25) is 0 Å². The minimum atomic E-state index is -0.468. The first-order chi connectivity index (χ1) is 24.3. The molecule has 0 amide bonds. The van der Waals surface area contributed by atoms with Crippen molar-refractivity contribution in [3.8, 4) is 22.3 Å². The summed E-state index contributed by atoms with van der Waals surface area (Å²) in [7, 11) is 0. The van der Waals surface area contributed by atoms with Crippen LogP contribution in [0, 0.1) is 0 Å². The van der Waals surface area contributed by atoms with E-state index in [-0.39, 0.29) is 52.5 Å². The van der Waals surface area contributed by atoms with E-state index in [9.17, 15) is 1.37 Å². The molecule has 43 heavy (non-hydrogen) atoms. The lowest BCUT2D eigenvalue weighted by Crippen LogP contribution is -1.98. The third kappa shape index (κ3) is 3.72. The largest absolute Gasteiger partial charge is 0.456 e. The number of furan rings is 1. The van der Waals surface area contributed by atoms with Gasteiger partial charge in [-0.15, -0.1) is 0 Å². The number of hydrogen-bond donors (Lipinski definition) is 0.